The first-order chi connectivity index (χ1) is 17.9. The van der Waals surface area contributed by atoms with Crippen LogP contribution in [0.2, 0.25) is 0 Å². The van der Waals surface area contributed by atoms with E-state index in [1.165, 1.54) is 30.3 Å². The summed E-state index contributed by atoms with van der Waals surface area (Å²) in [7, 11) is 0. The number of nitrogens with zero attached hydrogens (tertiary/aromatic N) is 2. The number of carbonyl (C=O) groups is 4. The summed E-state index contributed by atoms with van der Waals surface area (Å²) in [5.41, 5.74) is 4.61. The Morgan fingerprint density at radius 1 is 1.13 bits per heavy atom. The molecule has 5 rings (SSSR count). The van der Waals surface area contributed by atoms with E-state index in [0.717, 1.165) is 12.1 Å². The van der Waals surface area contributed by atoms with Crippen molar-refractivity contribution in [1.82, 2.24) is 9.80 Å². The second kappa shape index (κ2) is 9.10. The number of anilines is 1. The highest BCUT2D eigenvalue weighted by atomic mass is 19.4. The first-order valence-electron chi connectivity index (χ1n) is 12.0. The lowest BCUT2D eigenvalue weighted by atomic mass is 9.77. The van der Waals surface area contributed by atoms with Gasteiger partial charge in [-0.25, -0.2) is 14.1 Å². The van der Waals surface area contributed by atoms with Gasteiger partial charge in [0.1, 0.15) is 18.4 Å². The van der Waals surface area contributed by atoms with Crippen molar-refractivity contribution >= 4 is 29.4 Å². The molecule has 2 N–H and O–H groups in total. The van der Waals surface area contributed by atoms with Gasteiger partial charge in [0, 0.05) is 36.2 Å². The Morgan fingerprint density at radius 2 is 1.82 bits per heavy atom. The molecule has 1 spiro atoms. The van der Waals surface area contributed by atoms with Crippen LogP contribution >= 0.6 is 0 Å². The maximum atomic E-state index is 14.1. The van der Waals surface area contributed by atoms with Crippen molar-refractivity contribution in [2.45, 2.75) is 50.0 Å². The van der Waals surface area contributed by atoms with Crippen LogP contribution in [0, 0.1) is 11.7 Å². The first-order valence-corrected chi connectivity index (χ1v) is 12.0. The highest BCUT2D eigenvalue weighted by molar-refractivity contribution is 6.10. The summed E-state index contributed by atoms with van der Waals surface area (Å²) < 4.78 is 61.1. The van der Waals surface area contributed by atoms with Gasteiger partial charge in [0.05, 0.1) is 0 Å². The zero-order valence-corrected chi connectivity index (χ0v) is 20.0. The Hall–Kier alpha value is -3.96. The standard InChI is InChI=1S/C26H23F4N3O5/c27-16-5-1-14(2-6-16)12-32(22(15-3-4-15)26(28,29)30)21(35)13-33-23(36)25(38-24(33)37)10-9-20(34)18-11-17(31)7-8-19(18)25/h1-2,5-8,11,15,22H,3-4,9-10,12-13,31H2/t22-,25?/m0/s1. The minimum absolute atomic E-state index is 0.106. The van der Waals surface area contributed by atoms with Crippen LogP contribution in [0.25, 0.3) is 0 Å². The van der Waals surface area contributed by atoms with Gasteiger partial charge in [0.2, 0.25) is 11.5 Å². The SMILES string of the molecule is Nc1ccc2c(c1)C(=O)CCC21OC(=O)N(CC(=O)N(Cc2ccc(F)cc2)[C@@H](C2CC2)C(F)(F)F)C1=O. The molecule has 2 fully saturated rings. The predicted octanol–water partition coefficient (Wildman–Crippen LogP) is 3.93. The number of rotatable bonds is 6. The summed E-state index contributed by atoms with van der Waals surface area (Å²) in [5, 5.41) is 0. The number of nitrogens with two attached hydrogens (primary N) is 1. The first kappa shape index (κ1) is 25.7. The topological polar surface area (TPSA) is 110 Å². The molecule has 38 heavy (non-hydrogen) atoms. The molecule has 0 bridgehead atoms. The number of nitrogen functional groups attached to an aromatic ring is 1. The third kappa shape index (κ3) is 4.48. The van der Waals surface area contributed by atoms with Crippen LogP contribution in [0.5, 0.6) is 0 Å². The molecule has 2 aromatic carbocycles. The van der Waals surface area contributed by atoms with E-state index in [0.29, 0.717) is 9.80 Å². The van der Waals surface area contributed by atoms with Crippen LogP contribution in [-0.2, 0) is 26.5 Å². The molecule has 1 aliphatic heterocycles. The van der Waals surface area contributed by atoms with Gasteiger partial charge in [-0.15, -0.1) is 0 Å². The van der Waals surface area contributed by atoms with Crippen LogP contribution in [-0.4, -0.2) is 52.3 Å². The van der Waals surface area contributed by atoms with Gasteiger partial charge in [-0.1, -0.05) is 18.2 Å². The summed E-state index contributed by atoms with van der Waals surface area (Å²) in [4.78, 5) is 53.2. The number of fused-ring (bicyclic) bond motifs is 2. The van der Waals surface area contributed by atoms with Crippen LogP contribution in [0.1, 0.15) is 47.2 Å². The third-order valence-electron chi connectivity index (χ3n) is 7.18. The zero-order valence-electron chi connectivity index (χ0n) is 20.0. The maximum Gasteiger partial charge on any atom is 0.418 e. The second-order valence-corrected chi connectivity index (χ2v) is 9.79. The van der Waals surface area contributed by atoms with Gasteiger partial charge in [-0.2, -0.15) is 13.2 Å². The highest BCUT2D eigenvalue weighted by Crippen LogP contribution is 2.46. The Labute approximate surface area is 214 Å². The number of carbonyl (C=O) groups excluding carboxylic acids is 4. The number of ether oxygens (including phenoxy) is 1. The van der Waals surface area contributed by atoms with Crippen molar-refractivity contribution in [2.24, 2.45) is 5.92 Å². The van der Waals surface area contributed by atoms with Crippen molar-refractivity contribution < 1.29 is 41.5 Å². The van der Waals surface area contributed by atoms with Crippen LogP contribution in [0.3, 0.4) is 0 Å². The molecule has 1 heterocycles. The molecule has 12 heteroatoms. The Balaban J connectivity index is 1.45. The summed E-state index contributed by atoms with van der Waals surface area (Å²) in [6, 6.07) is 6.72. The van der Waals surface area contributed by atoms with Gasteiger partial charge in [0.15, 0.2) is 5.78 Å². The molecule has 1 saturated carbocycles. The number of ketones is 1. The monoisotopic (exact) mass is 533 g/mol. The van der Waals surface area contributed by atoms with E-state index in [1.54, 1.807) is 0 Å². The van der Waals surface area contributed by atoms with Crippen molar-refractivity contribution in [3.63, 3.8) is 0 Å². The summed E-state index contributed by atoms with van der Waals surface area (Å²) in [6.07, 6.45) is -5.75. The number of hydrogen-bond donors (Lipinski definition) is 1. The summed E-state index contributed by atoms with van der Waals surface area (Å²) in [5.74, 6) is -3.78. The lowest BCUT2D eigenvalue weighted by Crippen LogP contribution is -2.53. The number of alkyl halides is 3. The fraction of sp³-hybridized carbons (Fsp3) is 0.385. The molecular weight excluding hydrogens is 510 g/mol. The number of amides is 3. The quantitative estimate of drug-likeness (QED) is 0.445. The highest BCUT2D eigenvalue weighted by Gasteiger charge is 2.59. The average Bonchev–Trinajstić information content (AvgIpc) is 3.65. The minimum Gasteiger partial charge on any atom is -0.427 e. The van der Waals surface area contributed by atoms with Crippen LogP contribution < -0.4 is 5.73 Å². The van der Waals surface area contributed by atoms with E-state index in [9.17, 15) is 36.7 Å². The Bertz CT molecular complexity index is 1330. The molecule has 1 saturated heterocycles. The van der Waals surface area contributed by atoms with Crippen molar-refractivity contribution in [3.8, 4) is 0 Å². The smallest absolute Gasteiger partial charge is 0.418 e. The van der Waals surface area contributed by atoms with Crippen molar-refractivity contribution in [3.05, 3.63) is 65.0 Å². The third-order valence-corrected chi connectivity index (χ3v) is 7.18. The Kier molecular flexibility index (Phi) is 6.15. The predicted molar refractivity (Wildman–Crippen MR) is 124 cm³/mol. The molecule has 0 radical (unpaired) electrons. The van der Waals surface area contributed by atoms with E-state index in [1.807, 2.05) is 0 Å². The molecule has 1 unspecified atom stereocenters. The van der Waals surface area contributed by atoms with Gasteiger partial charge >= 0.3 is 12.3 Å². The maximum absolute atomic E-state index is 14.1. The number of Topliss-reactive ketones (excluding diaryl/α,β-unsaturated/α-hetero) is 1. The number of imide groups is 1. The fourth-order valence-electron chi connectivity index (χ4n) is 5.18. The number of benzene rings is 2. The minimum atomic E-state index is -4.77. The van der Waals surface area contributed by atoms with E-state index < -0.39 is 60.6 Å². The number of halogens is 4. The fourth-order valence-corrected chi connectivity index (χ4v) is 5.18. The molecule has 8 nitrogen and oxygen atoms in total. The summed E-state index contributed by atoms with van der Waals surface area (Å²) in [6.45, 7) is -1.49. The molecule has 2 aliphatic carbocycles. The van der Waals surface area contributed by atoms with Gasteiger partial charge < -0.3 is 15.4 Å². The van der Waals surface area contributed by atoms with E-state index >= 15 is 0 Å². The molecule has 3 aliphatic rings. The largest absolute Gasteiger partial charge is 0.427 e. The molecular formula is C26H23F4N3O5. The summed E-state index contributed by atoms with van der Waals surface area (Å²) >= 11 is 0. The lowest BCUT2D eigenvalue weighted by Gasteiger charge is -2.34. The van der Waals surface area contributed by atoms with Gasteiger partial charge in [0.25, 0.3) is 5.91 Å². The molecule has 2 aromatic rings. The van der Waals surface area contributed by atoms with Crippen LogP contribution in [0.15, 0.2) is 42.5 Å². The van der Waals surface area contributed by atoms with Gasteiger partial charge in [-0.3, -0.25) is 14.4 Å². The van der Waals surface area contributed by atoms with E-state index in [4.69, 9.17) is 10.5 Å². The van der Waals surface area contributed by atoms with Crippen molar-refractivity contribution in [1.29, 1.82) is 0 Å². The Morgan fingerprint density at radius 3 is 2.45 bits per heavy atom. The molecule has 200 valence electrons. The van der Waals surface area contributed by atoms with Gasteiger partial charge in [-0.05, 0) is 48.6 Å². The number of hydrogen-bond acceptors (Lipinski definition) is 6. The normalized spacial score (nSPS) is 21.9. The molecule has 3 amide bonds. The van der Waals surface area contributed by atoms with Crippen molar-refractivity contribution in [2.75, 3.05) is 12.3 Å². The average molecular weight is 533 g/mol. The van der Waals surface area contributed by atoms with Crippen LogP contribution in [0.4, 0.5) is 28.0 Å². The van der Waals surface area contributed by atoms with E-state index in [2.05, 4.69) is 0 Å². The second-order valence-electron chi connectivity index (χ2n) is 9.79. The molecule has 0 aromatic heterocycles. The lowest BCUT2D eigenvalue weighted by molar-refractivity contribution is -0.196. The van der Waals surface area contributed by atoms with E-state index in [-0.39, 0.29) is 53.8 Å². The zero-order chi connectivity index (χ0) is 27.4. The molecule has 2 atom stereocenters.